The monoisotopic (exact) mass is 475 g/mol. The molecule has 3 aromatic rings. The summed E-state index contributed by atoms with van der Waals surface area (Å²) < 4.78 is 71.5. The first-order valence-electron chi connectivity index (χ1n) is 9.24. The molecule has 0 spiro atoms. The zero-order valence-corrected chi connectivity index (χ0v) is 16.3. The van der Waals surface area contributed by atoms with Gasteiger partial charge in [0.25, 0.3) is 5.56 Å². The normalized spacial score (nSPS) is 18.0. The average Bonchev–Trinajstić information content (AvgIpc) is 3.29. The van der Waals surface area contributed by atoms with E-state index < -0.39 is 55.2 Å². The van der Waals surface area contributed by atoms with Crippen LogP contribution in [0, 0.1) is 0 Å². The van der Waals surface area contributed by atoms with Gasteiger partial charge in [-0.25, -0.2) is 27.9 Å². The van der Waals surface area contributed by atoms with Crippen molar-refractivity contribution in [3.8, 4) is 11.3 Å². The number of nitrogens with one attached hydrogen (secondary N) is 3. The van der Waals surface area contributed by atoms with Gasteiger partial charge in [-0.3, -0.25) is 9.78 Å². The van der Waals surface area contributed by atoms with Crippen LogP contribution in [0.2, 0.25) is 0 Å². The lowest BCUT2D eigenvalue weighted by molar-refractivity contribution is -0.125. The number of fused-ring (bicyclic) bond motifs is 1. The molecule has 0 radical (unpaired) electrons. The Labute approximate surface area is 179 Å². The Morgan fingerprint density at radius 1 is 1.33 bits per heavy atom. The van der Waals surface area contributed by atoms with Crippen LogP contribution in [0.3, 0.4) is 0 Å². The highest BCUT2D eigenvalue weighted by Crippen LogP contribution is 2.35. The number of H-pyrrole nitrogens is 2. The molecule has 1 atom stereocenters. The van der Waals surface area contributed by atoms with E-state index in [1.54, 1.807) is 0 Å². The van der Waals surface area contributed by atoms with Crippen LogP contribution in [-0.2, 0) is 4.74 Å². The van der Waals surface area contributed by atoms with Gasteiger partial charge < -0.3 is 19.9 Å². The van der Waals surface area contributed by atoms with Gasteiger partial charge in [-0.15, -0.1) is 0 Å². The molecule has 1 amide bonds. The van der Waals surface area contributed by atoms with E-state index in [1.807, 2.05) is 4.98 Å². The van der Waals surface area contributed by atoms with E-state index in [9.17, 15) is 36.3 Å². The predicted molar refractivity (Wildman–Crippen MR) is 101 cm³/mol. The van der Waals surface area contributed by atoms with Crippen molar-refractivity contribution >= 4 is 17.4 Å². The Hall–Kier alpha value is -3.98. The number of alkyl halides is 5. The summed E-state index contributed by atoms with van der Waals surface area (Å²) in [6, 6.07) is 1.29. The standard InChI is InChI=1S/C17H14F5N7O4/c18-16(19)7-28(5-11(16)33-15(32)25-6-17(20,21)22)10-3-9(27-29-2-1-23-12(10)29)8-4-24-14(31)26-13(8)30/h1-4,11H,5-7H2,(H,25,32)(H2,24,26,30,31). The van der Waals surface area contributed by atoms with Gasteiger partial charge in [0.05, 0.1) is 24.3 Å². The minimum atomic E-state index is -4.73. The van der Waals surface area contributed by atoms with Gasteiger partial charge in [0.1, 0.15) is 12.2 Å². The Balaban J connectivity index is 1.64. The molecule has 0 aromatic carbocycles. The van der Waals surface area contributed by atoms with E-state index >= 15 is 0 Å². The molecule has 0 saturated carbocycles. The van der Waals surface area contributed by atoms with Gasteiger partial charge in [-0.05, 0) is 6.07 Å². The summed E-state index contributed by atoms with van der Waals surface area (Å²) in [5.41, 5.74) is -1.34. The van der Waals surface area contributed by atoms with Crippen molar-refractivity contribution in [1.82, 2.24) is 29.9 Å². The lowest BCUT2D eigenvalue weighted by Crippen LogP contribution is -2.41. The van der Waals surface area contributed by atoms with Crippen LogP contribution in [0.15, 0.2) is 34.2 Å². The number of ether oxygens (including phenoxy) is 1. The van der Waals surface area contributed by atoms with Gasteiger partial charge in [0.2, 0.25) is 0 Å². The minimum Gasteiger partial charge on any atom is -0.438 e. The highest BCUT2D eigenvalue weighted by Gasteiger charge is 2.51. The number of aromatic amines is 2. The molecule has 33 heavy (non-hydrogen) atoms. The van der Waals surface area contributed by atoms with Crippen LogP contribution in [-0.4, -0.2) is 68.5 Å². The van der Waals surface area contributed by atoms with Gasteiger partial charge >= 0.3 is 23.9 Å². The molecule has 1 fully saturated rings. The minimum absolute atomic E-state index is 0.0172. The number of nitrogens with zero attached hydrogens (tertiary/aromatic N) is 4. The Bertz CT molecular complexity index is 1320. The number of rotatable bonds is 4. The van der Waals surface area contributed by atoms with E-state index in [0.717, 1.165) is 11.1 Å². The molecule has 0 aliphatic carbocycles. The molecular weight excluding hydrogens is 461 g/mol. The summed E-state index contributed by atoms with van der Waals surface area (Å²) in [5.74, 6) is -3.60. The smallest absolute Gasteiger partial charge is 0.408 e. The summed E-state index contributed by atoms with van der Waals surface area (Å²) in [6.07, 6.45) is -4.59. The van der Waals surface area contributed by atoms with Gasteiger partial charge in [-0.1, -0.05) is 0 Å². The third kappa shape index (κ3) is 4.63. The zero-order valence-electron chi connectivity index (χ0n) is 16.3. The lowest BCUT2D eigenvalue weighted by Gasteiger charge is -2.19. The molecular formula is C17H14F5N7O4. The molecule has 3 N–H and O–H groups in total. The third-order valence-corrected chi connectivity index (χ3v) is 4.72. The maximum absolute atomic E-state index is 14.5. The molecule has 1 unspecified atom stereocenters. The highest BCUT2D eigenvalue weighted by atomic mass is 19.4. The Morgan fingerprint density at radius 3 is 2.79 bits per heavy atom. The van der Waals surface area contributed by atoms with Crippen molar-refractivity contribution < 1.29 is 31.5 Å². The van der Waals surface area contributed by atoms with Crippen molar-refractivity contribution in [3.63, 3.8) is 0 Å². The summed E-state index contributed by atoms with van der Waals surface area (Å²) in [6.45, 7) is -3.25. The molecule has 11 nitrogen and oxygen atoms in total. The number of amides is 1. The summed E-state index contributed by atoms with van der Waals surface area (Å²) in [5, 5.41) is 5.55. The van der Waals surface area contributed by atoms with Crippen molar-refractivity contribution in [2.45, 2.75) is 18.2 Å². The molecule has 0 bridgehead atoms. The predicted octanol–water partition coefficient (Wildman–Crippen LogP) is 0.885. The number of anilines is 1. The van der Waals surface area contributed by atoms with Crippen molar-refractivity contribution in [2.24, 2.45) is 0 Å². The van der Waals surface area contributed by atoms with E-state index in [4.69, 9.17) is 0 Å². The first-order chi connectivity index (χ1) is 15.4. The highest BCUT2D eigenvalue weighted by molar-refractivity contribution is 5.75. The fourth-order valence-corrected chi connectivity index (χ4v) is 3.27. The van der Waals surface area contributed by atoms with Crippen LogP contribution in [0.25, 0.3) is 16.9 Å². The fourth-order valence-electron chi connectivity index (χ4n) is 3.27. The second kappa shape index (κ2) is 7.86. The molecule has 16 heteroatoms. The topological polar surface area (TPSA) is 137 Å². The molecule has 1 aliphatic rings. The molecule has 1 saturated heterocycles. The van der Waals surface area contributed by atoms with Gasteiger partial charge in [0, 0.05) is 18.6 Å². The van der Waals surface area contributed by atoms with E-state index in [0.29, 0.717) is 0 Å². The second-order valence-corrected chi connectivity index (χ2v) is 7.10. The Morgan fingerprint density at radius 2 is 2.09 bits per heavy atom. The second-order valence-electron chi connectivity index (χ2n) is 7.10. The van der Waals surface area contributed by atoms with Crippen LogP contribution in [0.5, 0.6) is 0 Å². The molecule has 4 rings (SSSR count). The van der Waals surface area contributed by atoms with Crippen molar-refractivity contribution in [2.75, 3.05) is 24.5 Å². The maximum Gasteiger partial charge on any atom is 0.408 e. The largest absolute Gasteiger partial charge is 0.438 e. The number of carbonyl (C=O) groups excluding carboxylic acids is 1. The number of aromatic nitrogens is 5. The van der Waals surface area contributed by atoms with Crippen LogP contribution >= 0.6 is 0 Å². The molecule has 4 heterocycles. The van der Waals surface area contributed by atoms with Crippen LogP contribution in [0.1, 0.15) is 0 Å². The quantitative estimate of drug-likeness (QED) is 0.477. The Kier molecular flexibility index (Phi) is 5.29. The summed E-state index contributed by atoms with van der Waals surface area (Å²) in [7, 11) is 0. The first kappa shape index (κ1) is 22.2. The van der Waals surface area contributed by atoms with Gasteiger partial charge in [-0.2, -0.15) is 18.3 Å². The van der Waals surface area contributed by atoms with Gasteiger partial charge in [0.15, 0.2) is 11.8 Å². The van der Waals surface area contributed by atoms with E-state index in [1.165, 1.54) is 28.3 Å². The number of imidazole rings is 1. The maximum atomic E-state index is 14.5. The van der Waals surface area contributed by atoms with Crippen molar-refractivity contribution in [3.05, 3.63) is 45.5 Å². The fraction of sp³-hybridized carbons (Fsp3) is 0.353. The summed E-state index contributed by atoms with van der Waals surface area (Å²) >= 11 is 0. The number of carbonyl (C=O) groups is 1. The number of halogens is 5. The number of alkyl carbamates (subject to hydrolysis) is 1. The average molecular weight is 475 g/mol. The van der Waals surface area contributed by atoms with Crippen molar-refractivity contribution in [1.29, 1.82) is 0 Å². The van der Waals surface area contributed by atoms with E-state index in [-0.39, 0.29) is 22.6 Å². The molecule has 176 valence electrons. The SMILES string of the molecule is O=C(NCC(F)(F)F)OC1CN(c2cc(-c3c[nH]c(=O)[nH]c3=O)nn3ccnc23)CC1(F)F. The molecule has 3 aromatic heterocycles. The number of hydrogen-bond donors (Lipinski definition) is 3. The zero-order chi connectivity index (χ0) is 24.0. The lowest BCUT2D eigenvalue weighted by atomic mass is 10.2. The van der Waals surface area contributed by atoms with Crippen LogP contribution < -0.4 is 21.5 Å². The molecule has 1 aliphatic heterocycles. The van der Waals surface area contributed by atoms with Crippen LogP contribution in [0.4, 0.5) is 32.4 Å². The summed E-state index contributed by atoms with van der Waals surface area (Å²) in [4.78, 5) is 44.4. The third-order valence-electron chi connectivity index (χ3n) is 4.72. The number of hydrogen-bond acceptors (Lipinski definition) is 7. The van der Waals surface area contributed by atoms with E-state index in [2.05, 4.69) is 19.8 Å². The first-order valence-corrected chi connectivity index (χ1v) is 9.24.